The van der Waals surface area contributed by atoms with Gasteiger partial charge in [0.1, 0.15) is 11.5 Å². The van der Waals surface area contributed by atoms with Crippen LogP contribution in [0.2, 0.25) is 0 Å². The molecule has 8 nitrogen and oxygen atoms in total. The Hall–Kier alpha value is -2.78. The standard InChI is InChI=1S/C19H22FN3O3.C6H5NO.ClH.Cu/c1-2-21-5-7-22(8-6-21)17-10-16-13(9-15(17)20)18(24)14(19(25)26)11-23(16)12-3-4-12;8-5-6-3-1-2-4-7-6;;/h9-12H,2-8H2,1H3,(H,25,26);1-5H;1H;/q;;;+2/p-2. The molecule has 195 valence electrons. The van der Waals surface area contributed by atoms with Gasteiger partial charge in [-0.1, -0.05) is 13.0 Å². The van der Waals surface area contributed by atoms with Gasteiger partial charge in [0.25, 0.3) is 0 Å². The number of piperazine rings is 1. The number of rotatable bonds is 5. The number of aldehydes is 1. The fourth-order valence-electron chi connectivity index (χ4n) is 4.15. The molecule has 1 aliphatic carbocycles. The number of carboxylic acid groups (broad SMARTS) is 1. The number of hydrogen-bond acceptors (Lipinski definition) is 7. The van der Waals surface area contributed by atoms with Gasteiger partial charge in [0, 0.05) is 50.0 Å². The van der Waals surface area contributed by atoms with Crippen LogP contribution in [0.15, 0.2) is 47.5 Å². The van der Waals surface area contributed by atoms with Crippen molar-refractivity contribution in [3.63, 3.8) is 0 Å². The Labute approximate surface area is 225 Å². The first-order chi connectivity index (χ1) is 16.4. The molecule has 36 heavy (non-hydrogen) atoms. The quantitative estimate of drug-likeness (QED) is 0.286. The van der Waals surface area contributed by atoms with Crippen molar-refractivity contribution in [1.82, 2.24) is 14.5 Å². The first kappa shape index (κ1) is 29.4. The van der Waals surface area contributed by atoms with Crippen LogP contribution in [0, 0.1) is 5.82 Å². The van der Waals surface area contributed by atoms with Gasteiger partial charge in [-0.3, -0.25) is 14.6 Å². The number of anilines is 1. The number of aromatic nitrogens is 2. The maximum Gasteiger partial charge on any atom is 2.00 e. The number of carboxylic acids is 1. The van der Waals surface area contributed by atoms with Gasteiger partial charge in [0.2, 0.25) is 0 Å². The molecular weight excluding hydrogens is 538 g/mol. The number of aromatic carboxylic acids is 1. The second-order valence-electron chi connectivity index (χ2n) is 8.41. The fraction of sp³-hybridized carbons (Fsp3) is 0.360. The summed E-state index contributed by atoms with van der Waals surface area (Å²) in [5.74, 6) is -2.01. The van der Waals surface area contributed by atoms with Crippen molar-refractivity contribution < 1.29 is 48.6 Å². The molecule has 0 spiro atoms. The predicted octanol–water partition coefficient (Wildman–Crippen LogP) is -1.12. The molecule has 1 aromatic carbocycles. The van der Waals surface area contributed by atoms with Crippen molar-refractivity contribution in [1.29, 1.82) is 0 Å². The summed E-state index contributed by atoms with van der Waals surface area (Å²) in [4.78, 5) is 41.7. The maximum absolute atomic E-state index is 14.8. The molecule has 2 aromatic heterocycles. The molecule has 1 aliphatic heterocycles. The van der Waals surface area contributed by atoms with Crippen LogP contribution in [-0.4, -0.2) is 59.4 Å². The van der Waals surface area contributed by atoms with Gasteiger partial charge in [-0.2, -0.15) is 0 Å². The first-order valence-corrected chi connectivity index (χ1v) is 11.4. The Kier molecular flexibility index (Phi) is 10.6. The Morgan fingerprint density at radius 1 is 1.19 bits per heavy atom. The summed E-state index contributed by atoms with van der Waals surface area (Å²) in [5, 5.41) is 11.4. The molecule has 0 bridgehead atoms. The van der Waals surface area contributed by atoms with Crippen LogP contribution < -0.4 is 27.8 Å². The van der Waals surface area contributed by atoms with E-state index in [9.17, 15) is 23.9 Å². The van der Waals surface area contributed by atoms with E-state index in [-0.39, 0.29) is 40.9 Å². The Morgan fingerprint density at radius 2 is 1.89 bits per heavy atom. The van der Waals surface area contributed by atoms with Gasteiger partial charge in [-0.15, -0.1) is 0 Å². The molecule has 2 aliphatic rings. The average Bonchev–Trinajstić information content (AvgIpc) is 3.70. The molecule has 3 heterocycles. The van der Waals surface area contributed by atoms with E-state index in [0.717, 1.165) is 51.9 Å². The molecule has 2 fully saturated rings. The van der Waals surface area contributed by atoms with Crippen LogP contribution in [0.1, 0.15) is 46.7 Å². The molecule has 0 unspecified atom stereocenters. The number of benzene rings is 1. The zero-order valence-corrected chi connectivity index (χ0v) is 21.3. The summed E-state index contributed by atoms with van der Waals surface area (Å²) < 4.78 is 16.6. The summed E-state index contributed by atoms with van der Waals surface area (Å²) in [6.07, 6.45) is 5.51. The predicted molar refractivity (Wildman–Crippen MR) is 125 cm³/mol. The summed E-state index contributed by atoms with van der Waals surface area (Å²) in [7, 11) is 0. The van der Waals surface area contributed by atoms with Crippen LogP contribution >= 0.6 is 0 Å². The van der Waals surface area contributed by atoms with Crippen LogP contribution in [0.5, 0.6) is 0 Å². The van der Waals surface area contributed by atoms with Crippen molar-refractivity contribution >= 4 is 28.8 Å². The van der Waals surface area contributed by atoms with E-state index >= 15 is 0 Å². The fourth-order valence-corrected chi connectivity index (χ4v) is 4.15. The van der Waals surface area contributed by atoms with E-state index in [2.05, 4.69) is 16.8 Å². The van der Waals surface area contributed by atoms with Crippen molar-refractivity contribution in [2.75, 3.05) is 37.6 Å². The van der Waals surface area contributed by atoms with Crippen LogP contribution in [-0.2, 0) is 17.1 Å². The summed E-state index contributed by atoms with van der Waals surface area (Å²) in [5.41, 5.74) is 0.457. The molecule has 1 radical (unpaired) electrons. The van der Waals surface area contributed by atoms with E-state index < -0.39 is 22.8 Å². The smallest absolute Gasteiger partial charge is 1.00 e. The maximum atomic E-state index is 14.8. The molecule has 0 atom stereocenters. The molecule has 5 rings (SSSR count). The third-order valence-electron chi connectivity index (χ3n) is 6.23. The minimum atomic E-state index is -1.52. The molecule has 11 heteroatoms. The Balaban J connectivity index is 0.000000393. The van der Waals surface area contributed by atoms with Gasteiger partial charge in [0.15, 0.2) is 11.7 Å². The molecular formula is C25H26ClCuFN4O4. The number of carbonyl (C=O) groups excluding carboxylic acids is 2. The van der Waals surface area contributed by atoms with E-state index in [1.165, 1.54) is 12.3 Å². The van der Waals surface area contributed by atoms with Gasteiger partial charge < -0.3 is 36.7 Å². The molecule has 1 saturated carbocycles. The number of nitrogens with zero attached hydrogens (tertiary/aromatic N) is 4. The number of fused-ring (bicyclic) bond motifs is 1. The van der Waals surface area contributed by atoms with Gasteiger partial charge in [-0.05, 0) is 43.7 Å². The number of halogens is 2. The van der Waals surface area contributed by atoms with E-state index in [0.29, 0.717) is 16.9 Å². The average molecular weight is 565 g/mol. The first-order valence-electron chi connectivity index (χ1n) is 11.4. The third kappa shape index (κ3) is 6.50. The summed E-state index contributed by atoms with van der Waals surface area (Å²) in [6, 6.07) is 8.25. The monoisotopic (exact) mass is 563 g/mol. The normalized spacial score (nSPS) is 15.2. The van der Waals surface area contributed by atoms with Gasteiger partial charge >= 0.3 is 17.1 Å². The molecule has 0 amide bonds. The molecule has 1 saturated heterocycles. The number of pyridine rings is 2. The van der Waals surface area contributed by atoms with Gasteiger partial charge in [0.05, 0.1) is 22.7 Å². The third-order valence-corrected chi connectivity index (χ3v) is 6.23. The van der Waals surface area contributed by atoms with Crippen molar-refractivity contribution in [3.8, 4) is 0 Å². The summed E-state index contributed by atoms with van der Waals surface area (Å²) in [6.45, 7) is 6.26. The van der Waals surface area contributed by atoms with E-state index in [4.69, 9.17) is 0 Å². The minimum absolute atomic E-state index is 0. The minimum Gasteiger partial charge on any atom is -1.00 e. The second kappa shape index (κ2) is 13.0. The number of likely N-dealkylation sites (N-methyl/N-ethyl adjacent to an activating group) is 1. The molecule has 3 aromatic rings. The topological polar surface area (TPSA) is 98.6 Å². The zero-order valence-electron chi connectivity index (χ0n) is 19.6. The summed E-state index contributed by atoms with van der Waals surface area (Å²) >= 11 is 0. The Morgan fingerprint density at radius 3 is 2.39 bits per heavy atom. The van der Waals surface area contributed by atoms with E-state index in [1.54, 1.807) is 35.0 Å². The van der Waals surface area contributed by atoms with Crippen molar-refractivity contribution in [3.05, 3.63) is 70.0 Å². The van der Waals surface area contributed by atoms with Crippen molar-refractivity contribution in [2.45, 2.75) is 25.8 Å². The van der Waals surface area contributed by atoms with Crippen molar-refractivity contribution in [2.24, 2.45) is 0 Å². The second-order valence-corrected chi connectivity index (χ2v) is 8.41. The zero-order chi connectivity index (χ0) is 24.2. The number of hydrogen-bond donors (Lipinski definition) is 0. The Bertz CT molecular complexity index is 1260. The largest absolute Gasteiger partial charge is 2.00 e. The SMILES string of the molecule is CCN1CCN(c2cc3c(cc2F)c(=O)c(C(=O)[O-])cn3C2CC2)CC1.O=Cc1ccccn1.[Cl-].[Cu+2]. The van der Waals surface area contributed by atoms with E-state index in [1.807, 2.05) is 4.90 Å². The van der Waals surface area contributed by atoms with Crippen LogP contribution in [0.25, 0.3) is 10.9 Å². The van der Waals surface area contributed by atoms with Gasteiger partial charge in [-0.25, -0.2) is 4.39 Å². The molecule has 0 N–H and O–H groups in total. The van der Waals surface area contributed by atoms with Crippen LogP contribution in [0.4, 0.5) is 10.1 Å². The van der Waals surface area contributed by atoms with Crippen LogP contribution in [0.3, 0.4) is 0 Å². The number of carbonyl (C=O) groups is 2.